The molecule has 0 fully saturated rings. The number of carbonyl (C=O) groups is 1. The molecule has 0 bridgehead atoms. The molecule has 4 nitrogen and oxygen atoms in total. The van der Waals surface area contributed by atoms with Crippen molar-refractivity contribution in [2.45, 2.75) is 0 Å². The van der Waals surface area contributed by atoms with Crippen LogP contribution >= 0.6 is 0 Å². The van der Waals surface area contributed by atoms with Gasteiger partial charge in [0, 0.05) is 49.2 Å². The second-order valence-electron chi connectivity index (χ2n) is 5.19. The quantitative estimate of drug-likeness (QED) is 0.729. The molecular weight excluding hydrogens is 281 g/mol. The molecule has 0 aliphatic rings. The van der Waals surface area contributed by atoms with E-state index >= 15 is 0 Å². The van der Waals surface area contributed by atoms with Gasteiger partial charge in [0.05, 0.1) is 11.1 Å². The maximum absolute atomic E-state index is 13.9. The maximum atomic E-state index is 13.9. The molecule has 0 spiro atoms. The van der Waals surface area contributed by atoms with Crippen molar-refractivity contribution in [2.24, 2.45) is 0 Å². The van der Waals surface area contributed by atoms with E-state index in [1.165, 1.54) is 17.2 Å². The summed E-state index contributed by atoms with van der Waals surface area (Å²) in [5.74, 6) is -0.449. The van der Waals surface area contributed by atoms with Crippen molar-refractivity contribution in [3.8, 4) is 11.1 Å². The molecule has 0 unspecified atom stereocenters. The first kappa shape index (κ1) is 14.1. The maximum Gasteiger partial charge on any atom is 0.254 e. The van der Waals surface area contributed by atoms with Gasteiger partial charge in [-0.3, -0.25) is 14.8 Å². The monoisotopic (exact) mass is 295 g/mol. The minimum atomic E-state index is -0.319. The molecule has 2 aromatic heterocycles. The molecule has 3 aromatic rings. The molecule has 0 saturated heterocycles. The van der Waals surface area contributed by atoms with E-state index in [-0.39, 0.29) is 11.7 Å². The van der Waals surface area contributed by atoms with Gasteiger partial charge in [-0.1, -0.05) is 6.07 Å². The Kier molecular flexibility index (Phi) is 3.55. The SMILES string of the molecule is CN(C)C(=O)c1cncc(-c2cnc3cccc(F)c3c2)c1. The van der Waals surface area contributed by atoms with Gasteiger partial charge < -0.3 is 4.90 Å². The van der Waals surface area contributed by atoms with Gasteiger partial charge in [0.15, 0.2) is 0 Å². The van der Waals surface area contributed by atoms with E-state index in [4.69, 9.17) is 0 Å². The third kappa shape index (κ3) is 2.53. The second kappa shape index (κ2) is 5.52. The van der Waals surface area contributed by atoms with Crippen LogP contribution in [0, 0.1) is 5.82 Å². The van der Waals surface area contributed by atoms with E-state index in [0.717, 1.165) is 11.1 Å². The number of hydrogen-bond donors (Lipinski definition) is 0. The number of nitrogens with zero attached hydrogens (tertiary/aromatic N) is 3. The van der Waals surface area contributed by atoms with Gasteiger partial charge >= 0.3 is 0 Å². The zero-order valence-corrected chi connectivity index (χ0v) is 12.2. The molecule has 3 rings (SSSR count). The lowest BCUT2D eigenvalue weighted by molar-refractivity contribution is 0.0827. The van der Waals surface area contributed by atoms with Crippen molar-refractivity contribution in [1.29, 1.82) is 0 Å². The number of carbonyl (C=O) groups excluding carboxylic acids is 1. The Balaban J connectivity index is 2.10. The van der Waals surface area contributed by atoms with Crippen LogP contribution in [0.1, 0.15) is 10.4 Å². The van der Waals surface area contributed by atoms with Crippen LogP contribution in [0.15, 0.2) is 48.9 Å². The van der Waals surface area contributed by atoms with Crippen molar-refractivity contribution in [2.75, 3.05) is 14.1 Å². The van der Waals surface area contributed by atoms with Crippen LogP contribution in [0.5, 0.6) is 0 Å². The predicted octanol–water partition coefficient (Wildman–Crippen LogP) is 3.14. The highest BCUT2D eigenvalue weighted by atomic mass is 19.1. The number of rotatable bonds is 2. The van der Waals surface area contributed by atoms with E-state index in [0.29, 0.717) is 16.5 Å². The highest BCUT2D eigenvalue weighted by molar-refractivity contribution is 5.95. The van der Waals surface area contributed by atoms with Crippen LogP contribution in [0.2, 0.25) is 0 Å². The minimum Gasteiger partial charge on any atom is -0.345 e. The smallest absolute Gasteiger partial charge is 0.254 e. The highest BCUT2D eigenvalue weighted by Crippen LogP contribution is 2.24. The summed E-state index contributed by atoms with van der Waals surface area (Å²) in [6.07, 6.45) is 4.81. The van der Waals surface area contributed by atoms with Crippen molar-refractivity contribution in [1.82, 2.24) is 14.9 Å². The van der Waals surface area contributed by atoms with Gasteiger partial charge in [-0.15, -0.1) is 0 Å². The van der Waals surface area contributed by atoms with Crippen LogP contribution in [0.25, 0.3) is 22.0 Å². The normalized spacial score (nSPS) is 10.7. The largest absolute Gasteiger partial charge is 0.345 e. The average Bonchev–Trinajstić information content (AvgIpc) is 2.54. The first-order valence-electron chi connectivity index (χ1n) is 6.77. The summed E-state index contributed by atoms with van der Waals surface area (Å²) in [5, 5.41) is 0.448. The topological polar surface area (TPSA) is 46.1 Å². The average molecular weight is 295 g/mol. The Morgan fingerprint density at radius 2 is 1.86 bits per heavy atom. The van der Waals surface area contributed by atoms with E-state index in [1.807, 2.05) is 0 Å². The Hall–Kier alpha value is -2.82. The van der Waals surface area contributed by atoms with E-state index in [9.17, 15) is 9.18 Å². The number of aromatic nitrogens is 2. The van der Waals surface area contributed by atoms with Gasteiger partial charge in [0.25, 0.3) is 5.91 Å². The Morgan fingerprint density at radius 3 is 2.64 bits per heavy atom. The minimum absolute atomic E-state index is 0.130. The number of halogens is 1. The van der Waals surface area contributed by atoms with Crippen LogP contribution in [0.4, 0.5) is 4.39 Å². The number of hydrogen-bond acceptors (Lipinski definition) is 3. The molecule has 22 heavy (non-hydrogen) atoms. The lowest BCUT2D eigenvalue weighted by Gasteiger charge is -2.11. The first-order chi connectivity index (χ1) is 10.6. The molecule has 5 heteroatoms. The molecule has 0 saturated carbocycles. The number of benzene rings is 1. The zero-order valence-electron chi connectivity index (χ0n) is 12.2. The fourth-order valence-corrected chi connectivity index (χ4v) is 2.24. The van der Waals surface area contributed by atoms with Gasteiger partial charge in [0.1, 0.15) is 5.82 Å². The molecule has 0 aliphatic carbocycles. The number of pyridine rings is 2. The molecule has 0 N–H and O–H groups in total. The van der Waals surface area contributed by atoms with Gasteiger partial charge in [0.2, 0.25) is 0 Å². The summed E-state index contributed by atoms with van der Waals surface area (Å²) in [6, 6.07) is 8.24. The summed E-state index contributed by atoms with van der Waals surface area (Å²) >= 11 is 0. The van der Waals surface area contributed by atoms with E-state index in [2.05, 4.69) is 9.97 Å². The van der Waals surface area contributed by atoms with Gasteiger partial charge in [-0.05, 0) is 24.3 Å². The van der Waals surface area contributed by atoms with Crippen LogP contribution in [-0.4, -0.2) is 34.9 Å². The molecule has 1 aromatic carbocycles. The van der Waals surface area contributed by atoms with Crippen molar-refractivity contribution < 1.29 is 9.18 Å². The third-order valence-electron chi connectivity index (χ3n) is 3.40. The zero-order chi connectivity index (χ0) is 15.7. The molecule has 0 radical (unpaired) electrons. The summed E-state index contributed by atoms with van der Waals surface area (Å²) in [4.78, 5) is 21.9. The van der Waals surface area contributed by atoms with E-state index in [1.54, 1.807) is 50.8 Å². The van der Waals surface area contributed by atoms with Crippen molar-refractivity contribution in [3.63, 3.8) is 0 Å². The Labute approximate surface area is 127 Å². The molecule has 2 heterocycles. The second-order valence-corrected chi connectivity index (χ2v) is 5.19. The summed E-state index contributed by atoms with van der Waals surface area (Å²) < 4.78 is 13.9. The highest BCUT2D eigenvalue weighted by Gasteiger charge is 2.11. The van der Waals surface area contributed by atoms with Crippen LogP contribution < -0.4 is 0 Å². The summed E-state index contributed by atoms with van der Waals surface area (Å²) in [5.41, 5.74) is 2.53. The van der Waals surface area contributed by atoms with Gasteiger partial charge in [-0.2, -0.15) is 0 Å². The van der Waals surface area contributed by atoms with Crippen LogP contribution in [-0.2, 0) is 0 Å². The van der Waals surface area contributed by atoms with Crippen molar-refractivity contribution >= 4 is 16.8 Å². The molecule has 0 aliphatic heterocycles. The summed E-state index contributed by atoms with van der Waals surface area (Å²) in [6.45, 7) is 0. The van der Waals surface area contributed by atoms with Crippen molar-refractivity contribution in [3.05, 3.63) is 60.3 Å². The molecule has 110 valence electrons. The lowest BCUT2D eigenvalue weighted by Crippen LogP contribution is -2.21. The first-order valence-corrected chi connectivity index (χ1v) is 6.77. The fraction of sp³-hybridized carbons (Fsp3) is 0.118. The Morgan fingerprint density at radius 1 is 1.09 bits per heavy atom. The van der Waals surface area contributed by atoms with Crippen LogP contribution in [0.3, 0.4) is 0 Å². The Bertz CT molecular complexity index is 861. The third-order valence-corrected chi connectivity index (χ3v) is 3.40. The summed E-state index contributed by atoms with van der Waals surface area (Å²) in [7, 11) is 3.37. The molecular formula is C17H14FN3O. The molecule has 0 atom stereocenters. The fourth-order valence-electron chi connectivity index (χ4n) is 2.24. The van der Waals surface area contributed by atoms with E-state index < -0.39 is 0 Å². The number of fused-ring (bicyclic) bond motifs is 1. The number of amides is 1. The van der Waals surface area contributed by atoms with Gasteiger partial charge in [-0.25, -0.2) is 4.39 Å². The lowest BCUT2D eigenvalue weighted by atomic mass is 10.1. The molecule has 1 amide bonds. The predicted molar refractivity (Wildman–Crippen MR) is 82.9 cm³/mol. The standard InChI is InChI=1S/C17H14FN3O/c1-21(2)17(22)13-6-11(8-19-9-13)12-7-14-15(18)4-3-5-16(14)20-10-12/h3-10H,1-2H3.